The number of methoxy groups -OCH3 is 1. The number of aliphatic imine (C=N–C) groups is 1. The van der Waals surface area contributed by atoms with E-state index in [0.29, 0.717) is 5.41 Å². The van der Waals surface area contributed by atoms with Gasteiger partial charge in [-0.2, -0.15) is 0 Å². The molecule has 0 unspecified atom stereocenters. The predicted octanol–water partition coefficient (Wildman–Crippen LogP) is 3.42. The zero-order valence-electron chi connectivity index (χ0n) is 11.9. The summed E-state index contributed by atoms with van der Waals surface area (Å²) in [7, 11) is 1.74. The van der Waals surface area contributed by atoms with Gasteiger partial charge in [0.25, 0.3) is 0 Å². The van der Waals surface area contributed by atoms with Crippen molar-refractivity contribution in [2.45, 2.75) is 20.3 Å². The number of para-hydroxylation sites is 1. The SMILES string of the molecule is COCCc1ccccc1NC1=NCC(C)(C)CS1. The number of amidine groups is 1. The number of thioether (sulfide) groups is 1. The molecule has 1 N–H and O–H groups in total. The molecular formula is C15H22N2OS. The lowest BCUT2D eigenvalue weighted by molar-refractivity contribution is 0.202. The molecule has 0 saturated carbocycles. The highest BCUT2D eigenvalue weighted by Gasteiger charge is 2.23. The molecule has 3 nitrogen and oxygen atoms in total. The van der Waals surface area contributed by atoms with E-state index in [1.165, 1.54) is 5.56 Å². The van der Waals surface area contributed by atoms with Crippen LogP contribution in [0.15, 0.2) is 29.3 Å². The van der Waals surface area contributed by atoms with E-state index in [4.69, 9.17) is 4.74 Å². The van der Waals surface area contributed by atoms with Crippen LogP contribution in [0, 0.1) is 5.41 Å². The number of anilines is 1. The third-order valence-electron chi connectivity index (χ3n) is 3.08. The van der Waals surface area contributed by atoms with Crippen molar-refractivity contribution in [3.05, 3.63) is 29.8 Å². The second kappa shape index (κ2) is 6.44. The van der Waals surface area contributed by atoms with Crippen LogP contribution in [0.25, 0.3) is 0 Å². The first kappa shape index (κ1) is 14.4. The van der Waals surface area contributed by atoms with E-state index in [2.05, 4.69) is 48.4 Å². The van der Waals surface area contributed by atoms with Crippen molar-refractivity contribution in [2.75, 3.05) is 31.3 Å². The minimum Gasteiger partial charge on any atom is -0.384 e. The van der Waals surface area contributed by atoms with E-state index in [1.807, 2.05) is 0 Å². The second-order valence-corrected chi connectivity index (χ2v) is 6.56. The largest absolute Gasteiger partial charge is 0.384 e. The zero-order chi connectivity index (χ0) is 13.7. The van der Waals surface area contributed by atoms with Crippen molar-refractivity contribution >= 4 is 22.6 Å². The lowest BCUT2D eigenvalue weighted by Gasteiger charge is -2.27. The third kappa shape index (κ3) is 4.25. The smallest absolute Gasteiger partial charge is 0.161 e. The van der Waals surface area contributed by atoms with Gasteiger partial charge in [0.2, 0.25) is 0 Å². The molecule has 19 heavy (non-hydrogen) atoms. The number of nitrogens with zero attached hydrogens (tertiary/aromatic N) is 1. The minimum atomic E-state index is 0.311. The summed E-state index contributed by atoms with van der Waals surface area (Å²) in [6.45, 7) is 6.15. The van der Waals surface area contributed by atoms with Crippen molar-refractivity contribution < 1.29 is 4.74 Å². The maximum absolute atomic E-state index is 5.15. The van der Waals surface area contributed by atoms with Crippen LogP contribution in [-0.2, 0) is 11.2 Å². The van der Waals surface area contributed by atoms with Crippen molar-refractivity contribution in [3.63, 3.8) is 0 Å². The van der Waals surface area contributed by atoms with Gasteiger partial charge in [-0.05, 0) is 23.5 Å². The van der Waals surface area contributed by atoms with E-state index in [1.54, 1.807) is 18.9 Å². The molecule has 4 heteroatoms. The van der Waals surface area contributed by atoms with E-state index in [-0.39, 0.29) is 0 Å². The van der Waals surface area contributed by atoms with Gasteiger partial charge in [-0.3, -0.25) is 4.99 Å². The Balaban J connectivity index is 2.05. The van der Waals surface area contributed by atoms with Crippen molar-refractivity contribution in [3.8, 4) is 0 Å². The first-order valence-electron chi connectivity index (χ1n) is 6.62. The minimum absolute atomic E-state index is 0.311. The molecule has 0 saturated heterocycles. The van der Waals surface area contributed by atoms with Gasteiger partial charge in [-0.1, -0.05) is 43.8 Å². The fourth-order valence-corrected chi connectivity index (χ4v) is 2.86. The summed E-state index contributed by atoms with van der Waals surface area (Å²) >= 11 is 1.81. The lowest BCUT2D eigenvalue weighted by Crippen LogP contribution is -2.27. The summed E-state index contributed by atoms with van der Waals surface area (Å²) in [6, 6.07) is 8.36. The molecule has 0 atom stereocenters. The van der Waals surface area contributed by atoms with Gasteiger partial charge in [0, 0.05) is 25.1 Å². The second-order valence-electron chi connectivity index (χ2n) is 5.60. The van der Waals surface area contributed by atoms with Crippen LogP contribution in [0.1, 0.15) is 19.4 Å². The Bertz CT molecular complexity index is 457. The molecule has 1 aliphatic rings. The van der Waals surface area contributed by atoms with Gasteiger partial charge in [0.1, 0.15) is 0 Å². The topological polar surface area (TPSA) is 33.6 Å². The fourth-order valence-electron chi connectivity index (χ4n) is 1.90. The average molecular weight is 278 g/mol. The first-order valence-corrected chi connectivity index (χ1v) is 7.60. The Morgan fingerprint density at radius 2 is 2.16 bits per heavy atom. The number of rotatable bonds is 4. The van der Waals surface area contributed by atoms with Gasteiger partial charge in [0.05, 0.1) is 6.61 Å². The van der Waals surface area contributed by atoms with Crippen LogP contribution >= 0.6 is 11.8 Å². The molecule has 0 fully saturated rings. The lowest BCUT2D eigenvalue weighted by atomic mass is 9.97. The number of benzene rings is 1. The number of ether oxygens (including phenoxy) is 1. The van der Waals surface area contributed by atoms with Crippen LogP contribution in [0.3, 0.4) is 0 Å². The monoisotopic (exact) mass is 278 g/mol. The van der Waals surface area contributed by atoms with Crippen LogP contribution in [-0.4, -0.2) is 31.2 Å². The highest BCUT2D eigenvalue weighted by Crippen LogP contribution is 2.29. The molecular weight excluding hydrogens is 256 g/mol. The van der Waals surface area contributed by atoms with E-state index in [0.717, 1.165) is 36.2 Å². The summed E-state index contributed by atoms with van der Waals surface area (Å²) in [4.78, 5) is 4.64. The molecule has 0 aliphatic carbocycles. The number of hydrogen-bond acceptors (Lipinski definition) is 4. The summed E-state index contributed by atoms with van der Waals surface area (Å²) in [5, 5.41) is 4.49. The molecule has 1 heterocycles. The van der Waals surface area contributed by atoms with E-state index < -0.39 is 0 Å². The Morgan fingerprint density at radius 3 is 2.84 bits per heavy atom. The molecule has 104 valence electrons. The molecule has 0 radical (unpaired) electrons. The molecule has 1 aromatic carbocycles. The molecule has 0 aromatic heterocycles. The van der Waals surface area contributed by atoms with Crippen molar-refractivity contribution in [1.29, 1.82) is 0 Å². The predicted molar refractivity (Wildman–Crippen MR) is 84.2 cm³/mol. The first-order chi connectivity index (χ1) is 9.11. The zero-order valence-corrected chi connectivity index (χ0v) is 12.7. The summed E-state index contributed by atoms with van der Waals surface area (Å²) in [5.74, 6) is 1.11. The van der Waals surface area contributed by atoms with Gasteiger partial charge < -0.3 is 10.1 Å². The van der Waals surface area contributed by atoms with Gasteiger partial charge in [-0.25, -0.2) is 0 Å². The Kier molecular flexibility index (Phi) is 4.88. The van der Waals surface area contributed by atoms with Gasteiger partial charge in [-0.15, -0.1) is 0 Å². The quantitative estimate of drug-likeness (QED) is 0.916. The third-order valence-corrected chi connectivity index (χ3v) is 4.52. The summed E-state index contributed by atoms with van der Waals surface area (Å²) in [5.41, 5.74) is 2.73. The maximum Gasteiger partial charge on any atom is 0.161 e. The van der Waals surface area contributed by atoms with Crippen molar-refractivity contribution in [2.24, 2.45) is 10.4 Å². The molecule has 0 bridgehead atoms. The fraction of sp³-hybridized carbons (Fsp3) is 0.533. The summed E-state index contributed by atoms with van der Waals surface area (Å²) in [6.07, 6.45) is 0.920. The van der Waals surface area contributed by atoms with Gasteiger partial charge >= 0.3 is 0 Å². The standard InChI is InChI=1S/C15H22N2OS/c1-15(2)10-16-14(19-11-15)17-13-7-5-4-6-12(13)8-9-18-3/h4-7H,8-11H2,1-3H3,(H,16,17). The average Bonchev–Trinajstić information content (AvgIpc) is 2.40. The Labute approximate surface area is 119 Å². The summed E-state index contributed by atoms with van der Waals surface area (Å²) < 4.78 is 5.15. The van der Waals surface area contributed by atoms with Crippen LogP contribution in [0.5, 0.6) is 0 Å². The van der Waals surface area contributed by atoms with Crippen LogP contribution < -0.4 is 5.32 Å². The van der Waals surface area contributed by atoms with Crippen LogP contribution in [0.4, 0.5) is 5.69 Å². The van der Waals surface area contributed by atoms with Crippen LogP contribution in [0.2, 0.25) is 0 Å². The molecule has 0 amide bonds. The normalized spacial score (nSPS) is 17.9. The highest BCUT2D eigenvalue weighted by atomic mass is 32.2. The maximum atomic E-state index is 5.15. The van der Waals surface area contributed by atoms with Gasteiger partial charge in [0.15, 0.2) is 5.17 Å². The highest BCUT2D eigenvalue weighted by molar-refractivity contribution is 8.14. The molecule has 1 aliphatic heterocycles. The molecule has 0 spiro atoms. The molecule has 1 aromatic rings. The number of hydrogen-bond donors (Lipinski definition) is 1. The molecule has 2 rings (SSSR count). The number of nitrogens with one attached hydrogen (secondary N) is 1. The van der Waals surface area contributed by atoms with Crippen molar-refractivity contribution in [1.82, 2.24) is 0 Å². The van der Waals surface area contributed by atoms with E-state index in [9.17, 15) is 0 Å². The van der Waals surface area contributed by atoms with E-state index >= 15 is 0 Å². The Hall–Kier alpha value is -1.000. The Morgan fingerprint density at radius 1 is 1.37 bits per heavy atom.